The molecular weight excluding hydrogens is 200 g/mol. The summed E-state index contributed by atoms with van der Waals surface area (Å²) in [4.78, 5) is 14.1. The van der Waals surface area contributed by atoms with Gasteiger partial charge in [-0.15, -0.1) is 0 Å². The molecule has 0 saturated carbocycles. The van der Waals surface area contributed by atoms with E-state index in [9.17, 15) is 0 Å². The van der Waals surface area contributed by atoms with Crippen molar-refractivity contribution >= 4 is 16.9 Å². The Labute approximate surface area is 95.7 Å². The molecule has 0 spiro atoms. The third-order valence-corrected chi connectivity index (χ3v) is 2.62. The van der Waals surface area contributed by atoms with Crippen molar-refractivity contribution in [2.75, 3.05) is 18.0 Å². The maximum Gasteiger partial charge on any atom is 0.142 e. The number of nitrogens with one attached hydrogen (secondary N) is 1. The smallest absolute Gasteiger partial charge is 0.142 e. The standard InChI is InChI=1S/C12H18N4/c1-3-7-16(8-4-2)12-10-5-6-13-11(10)14-9-15-12/h5-6,9H,3-4,7-8H2,1-2H3,(H,13,14,15). The Bertz CT molecular complexity index is 443. The third kappa shape index (κ3) is 2.01. The second-order valence-corrected chi connectivity index (χ2v) is 3.92. The summed E-state index contributed by atoms with van der Waals surface area (Å²) in [6.45, 7) is 6.48. The lowest BCUT2D eigenvalue weighted by Crippen LogP contribution is -2.26. The molecule has 0 aromatic carbocycles. The molecule has 2 rings (SSSR count). The van der Waals surface area contributed by atoms with E-state index in [2.05, 4.69) is 33.7 Å². The van der Waals surface area contributed by atoms with Crippen molar-refractivity contribution in [2.45, 2.75) is 26.7 Å². The van der Waals surface area contributed by atoms with E-state index < -0.39 is 0 Å². The largest absolute Gasteiger partial charge is 0.356 e. The van der Waals surface area contributed by atoms with Crippen LogP contribution in [0.1, 0.15) is 26.7 Å². The SMILES string of the molecule is CCCN(CCC)c1ncnc2[nH]ccc12. The number of aromatic nitrogens is 3. The summed E-state index contributed by atoms with van der Waals surface area (Å²) in [6.07, 6.45) is 5.82. The molecule has 0 unspecified atom stereocenters. The normalized spacial score (nSPS) is 10.9. The lowest BCUT2D eigenvalue weighted by Gasteiger charge is -2.22. The quantitative estimate of drug-likeness (QED) is 0.839. The lowest BCUT2D eigenvalue weighted by molar-refractivity contribution is 0.736. The minimum atomic E-state index is 0.919. The summed E-state index contributed by atoms with van der Waals surface area (Å²) in [5, 5.41) is 1.12. The molecule has 86 valence electrons. The van der Waals surface area contributed by atoms with E-state index in [0.29, 0.717) is 0 Å². The number of fused-ring (bicyclic) bond motifs is 1. The number of hydrogen-bond acceptors (Lipinski definition) is 3. The fourth-order valence-electron chi connectivity index (χ4n) is 1.97. The monoisotopic (exact) mass is 218 g/mol. The highest BCUT2D eigenvalue weighted by Gasteiger charge is 2.10. The van der Waals surface area contributed by atoms with Gasteiger partial charge in [0.25, 0.3) is 0 Å². The van der Waals surface area contributed by atoms with E-state index in [1.165, 1.54) is 0 Å². The van der Waals surface area contributed by atoms with Crippen LogP contribution in [0.4, 0.5) is 5.82 Å². The molecule has 0 aliphatic rings. The van der Waals surface area contributed by atoms with Gasteiger partial charge in [0.15, 0.2) is 0 Å². The number of H-pyrrole nitrogens is 1. The van der Waals surface area contributed by atoms with Gasteiger partial charge in [-0.05, 0) is 18.9 Å². The second-order valence-electron chi connectivity index (χ2n) is 3.92. The average Bonchev–Trinajstić information content (AvgIpc) is 2.76. The Morgan fingerprint density at radius 1 is 1.19 bits per heavy atom. The number of hydrogen-bond donors (Lipinski definition) is 1. The first kappa shape index (κ1) is 10.9. The van der Waals surface area contributed by atoms with Gasteiger partial charge < -0.3 is 9.88 Å². The van der Waals surface area contributed by atoms with Crippen LogP contribution in [0.15, 0.2) is 18.6 Å². The van der Waals surface area contributed by atoms with Crippen LogP contribution >= 0.6 is 0 Å². The van der Waals surface area contributed by atoms with Crippen LogP contribution in [0, 0.1) is 0 Å². The molecule has 16 heavy (non-hydrogen) atoms. The van der Waals surface area contributed by atoms with Gasteiger partial charge in [0, 0.05) is 19.3 Å². The average molecular weight is 218 g/mol. The van der Waals surface area contributed by atoms with Gasteiger partial charge >= 0.3 is 0 Å². The molecule has 4 nitrogen and oxygen atoms in total. The molecule has 0 amide bonds. The molecule has 2 heterocycles. The van der Waals surface area contributed by atoms with E-state index in [0.717, 1.165) is 42.8 Å². The summed E-state index contributed by atoms with van der Waals surface area (Å²) in [5.74, 6) is 1.05. The number of nitrogens with zero attached hydrogens (tertiary/aromatic N) is 3. The lowest BCUT2D eigenvalue weighted by atomic mass is 10.3. The Balaban J connectivity index is 2.38. The highest BCUT2D eigenvalue weighted by atomic mass is 15.2. The number of rotatable bonds is 5. The molecule has 0 saturated heterocycles. The first-order valence-electron chi connectivity index (χ1n) is 5.89. The molecule has 1 N–H and O–H groups in total. The summed E-state index contributed by atoms with van der Waals surface area (Å²) in [6, 6.07) is 2.04. The molecule has 0 radical (unpaired) electrons. The van der Waals surface area contributed by atoms with Crippen molar-refractivity contribution in [3.8, 4) is 0 Å². The van der Waals surface area contributed by atoms with Gasteiger partial charge in [-0.2, -0.15) is 0 Å². The molecule has 0 aliphatic heterocycles. The van der Waals surface area contributed by atoms with E-state index >= 15 is 0 Å². The van der Waals surface area contributed by atoms with Gasteiger partial charge in [-0.3, -0.25) is 0 Å². The Morgan fingerprint density at radius 3 is 2.62 bits per heavy atom. The van der Waals surface area contributed by atoms with Gasteiger partial charge in [0.1, 0.15) is 17.8 Å². The third-order valence-electron chi connectivity index (χ3n) is 2.62. The summed E-state index contributed by atoms with van der Waals surface area (Å²) >= 11 is 0. The van der Waals surface area contributed by atoms with Crippen molar-refractivity contribution in [1.29, 1.82) is 0 Å². The molecular formula is C12H18N4. The van der Waals surface area contributed by atoms with Crippen LogP contribution in [-0.4, -0.2) is 28.0 Å². The van der Waals surface area contributed by atoms with Gasteiger partial charge in [0.2, 0.25) is 0 Å². The predicted molar refractivity (Wildman–Crippen MR) is 66.7 cm³/mol. The summed E-state index contributed by atoms with van der Waals surface area (Å²) < 4.78 is 0. The zero-order chi connectivity index (χ0) is 11.4. The molecule has 0 atom stereocenters. The maximum atomic E-state index is 4.41. The number of anilines is 1. The highest BCUT2D eigenvalue weighted by molar-refractivity contribution is 5.87. The predicted octanol–water partition coefficient (Wildman–Crippen LogP) is 2.58. The maximum absolute atomic E-state index is 4.41. The van der Waals surface area contributed by atoms with Crippen molar-refractivity contribution in [3.05, 3.63) is 18.6 Å². The minimum absolute atomic E-state index is 0.919. The first-order valence-corrected chi connectivity index (χ1v) is 5.89. The Hall–Kier alpha value is -1.58. The van der Waals surface area contributed by atoms with Crippen LogP contribution in [0.25, 0.3) is 11.0 Å². The first-order chi connectivity index (χ1) is 7.86. The van der Waals surface area contributed by atoms with Crippen LogP contribution in [0.2, 0.25) is 0 Å². The summed E-state index contributed by atoms with van der Waals surface area (Å²) in [5.41, 5.74) is 0.919. The van der Waals surface area contributed by atoms with Gasteiger partial charge in [-0.25, -0.2) is 9.97 Å². The van der Waals surface area contributed by atoms with Crippen LogP contribution in [0.5, 0.6) is 0 Å². The molecule has 2 aromatic heterocycles. The number of aromatic amines is 1. The zero-order valence-electron chi connectivity index (χ0n) is 9.90. The van der Waals surface area contributed by atoms with Crippen LogP contribution in [0.3, 0.4) is 0 Å². The van der Waals surface area contributed by atoms with E-state index in [4.69, 9.17) is 0 Å². The van der Waals surface area contributed by atoms with Crippen molar-refractivity contribution in [2.24, 2.45) is 0 Å². The fraction of sp³-hybridized carbons (Fsp3) is 0.500. The minimum Gasteiger partial charge on any atom is -0.356 e. The fourth-order valence-corrected chi connectivity index (χ4v) is 1.97. The molecule has 2 aromatic rings. The zero-order valence-corrected chi connectivity index (χ0v) is 9.90. The molecule has 4 heteroatoms. The van der Waals surface area contributed by atoms with Crippen molar-refractivity contribution < 1.29 is 0 Å². The topological polar surface area (TPSA) is 44.8 Å². The van der Waals surface area contributed by atoms with Crippen molar-refractivity contribution in [3.63, 3.8) is 0 Å². The van der Waals surface area contributed by atoms with E-state index in [1.54, 1.807) is 6.33 Å². The van der Waals surface area contributed by atoms with E-state index in [1.807, 2.05) is 12.3 Å². The second kappa shape index (κ2) is 4.96. The Morgan fingerprint density at radius 2 is 1.94 bits per heavy atom. The van der Waals surface area contributed by atoms with E-state index in [-0.39, 0.29) is 0 Å². The highest BCUT2D eigenvalue weighted by Crippen LogP contribution is 2.22. The van der Waals surface area contributed by atoms with Crippen LogP contribution < -0.4 is 4.90 Å². The van der Waals surface area contributed by atoms with Gasteiger partial charge in [-0.1, -0.05) is 13.8 Å². The molecule has 0 fully saturated rings. The summed E-state index contributed by atoms with van der Waals surface area (Å²) in [7, 11) is 0. The van der Waals surface area contributed by atoms with Crippen molar-refractivity contribution in [1.82, 2.24) is 15.0 Å². The molecule has 0 aliphatic carbocycles. The Kier molecular flexibility index (Phi) is 3.39. The molecule has 0 bridgehead atoms. The van der Waals surface area contributed by atoms with Gasteiger partial charge in [0.05, 0.1) is 5.39 Å². The van der Waals surface area contributed by atoms with Crippen LogP contribution in [-0.2, 0) is 0 Å².